The number of amides is 1. The third kappa shape index (κ3) is 5.42. The van der Waals surface area contributed by atoms with E-state index in [0.29, 0.717) is 33.9 Å². The molecular formula is C21H23ClN6O. The van der Waals surface area contributed by atoms with Crippen LogP contribution in [0, 0.1) is 13.8 Å². The Morgan fingerprint density at radius 2 is 1.86 bits per heavy atom. The standard InChI is InChI=1S/C21H23ClN6O/c1-12(2)24-21-25-14(4)10-18(28-21)27-17-11-15(8-9-23-17)26-20(29)19-13(3)6-5-7-16(19)22/h5-12H,1-4H3,(H3,23,24,25,26,27,28,29). The van der Waals surface area contributed by atoms with Crippen molar-refractivity contribution in [3.63, 3.8) is 0 Å². The average Bonchev–Trinajstić information content (AvgIpc) is 2.60. The zero-order valence-corrected chi connectivity index (χ0v) is 17.5. The fraction of sp³-hybridized carbons (Fsp3) is 0.238. The second-order valence-corrected chi connectivity index (χ2v) is 7.37. The van der Waals surface area contributed by atoms with Crippen molar-refractivity contribution in [2.24, 2.45) is 0 Å². The summed E-state index contributed by atoms with van der Waals surface area (Å²) in [6.07, 6.45) is 1.61. The maximum Gasteiger partial charge on any atom is 0.257 e. The van der Waals surface area contributed by atoms with Crippen LogP contribution in [0.4, 0.5) is 23.3 Å². The summed E-state index contributed by atoms with van der Waals surface area (Å²) in [7, 11) is 0. The summed E-state index contributed by atoms with van der Waals surface area (Å²) in [6.45, 7) is 7.79. The first kappa shape index (κ1) is 20.5. The first-order chi connectivity index (χ1) is 13.8. The third-order valence-electron chi connectivity index (χ3n) is 3.99. The lowest BCUT2D eigenvalue weighted by molar-refractivity contribution is 0.102. The molecule has 0 radical (unpaired) electrons. The summed E-state index contributed by atoms with van der Waals surface area (Å²) in [5, 5.41) is 9.62. The molecule has 3 N–H and O–H groups in total. The zero-order valence-electron chi connectivity index (χ0n) is 16.7. The molecule has 0 aliphatic rings. The van der Waals surface area contributed by atoms with Gasteiger partial charge in [0.15, 0.2) is 0 Å². The van der Waals surface area contributed by atoms with E-state index < -0.39 is 0 Å². The van der Waals surface area contributed by atoms with Crippen LogP contribution in [0.5, 0.6) is 0 Å². The molecule has 7 nitrogen and oxygen atoms in total. The van der Waals surface area contributed by atoms with E-state index >= 15 is 0 Å². The molecule has 0 aliphatic carbocycles. The number of aryl methyl sites for hydroxylation is 2. The van der Waals surface area contributed by atoms with Crippen LogP contribution in [-0.4, -0.2) is 26.9 Å². The summed E-state index contributed by atoms with van der Waals surface area (Å²) >= 11 is 6.19. The minimum atomic E-state index is -0.272. The van der Waals surface area contributed by atoms with Crippen LogP contribution in [0.2, 0.25) is 5.02 Å². The van der Waals surface area contributed by atoms with Crippen molar-refractivity contribution in [2.45, 2.75) is 33.7 Å². The highest BCUT2D eigenvalue weighted by Gasteiger charge is 2.14. The molecule has 2 heterocycles. The van der Waals surface area contributed by atoms with Gasteiger partial charge in [-0.15, -0.1) is 0 Å². The van der Waals surface area contributed by atoms with Gasteiger partial charge < -0.3 is 16.0 Å². The lowest BCUT2D eigenvalue weighted by Gasteiger charge is -2.12. The molecule has 0 bridgehead atoms. The number of anilines is 4. The summed E-state index contributed by atoms with van der Waals surface area (Å²) in [5.74, 6) is 1.43. The molecular weight excluding hydrogens is 388 g/mol. The Morgan fingerprint density at radius 3 is 2.59 bits per heavy atom. The molecule has 3 aromatic rings. The number of hydrogen-bond acceptors (Lipinski definition) is 6. The molecule has 0 spiro atoms. The smallest absolute Gasteiger partial charge is 0.257 e. The number of benzene rings is 1. The molecule has 0 saturated carbocycles. The number of halogens is 1. The van der Waals surface area contributed by atoms with E-state index in [0.717, 1.165) is 11.3 Å². The Bertz CT molecular complexity index is 1020. The Balaban J connectivity index is 1.78. The maximum atomic E-state index is 12.7. The average molecular weight is 411 g/mol. The maximum absolute atomic E-state index is 12.7. The lowest BCUT2D eigenvalue weighted by atomic mass is 10.1. The molecule has 0 unspecified atom stereocenters. The minimum absolute atomic E-state index is 0.217. The van der Waals surface area contributed by atoms with Crippen molar-refractivity contribution in [2.75, 3.05) is 16.0 Å². The number of nitrogens with zero attached hydrogens (tertiary/aromatic N) is 3. The summed E-state index contributed by atoms with van der Waals surface area (Å²) in [5.41, 5.74) is 2.68. The predicted octanol–water partition coefficient (Wildman–Crippen LogP) is 4.96. The SMILES string of the molecule is Cc1cc(Nc2cc(NC(=O)c3c(C)cccc3Cl)ccn2)nc(NC(C)C)n1. The van der Waals surface area contributed by atoms with Gasteiger partial charge in [-0.05, 0) is 45.4 Å². The van der Waals surface area contributed by atoms with Crippen molar-refractivity contribution in [3.05, 3.63) is 64.4 Å². The van der Waals surface area contributed by atoms with Crippen molar-refractivity contribution in [3.8, 4) is 0 Å². The van der Waals surface area contributed by atoms with Crippen LogP contribution in [0.25, 0.3) is 0 Å². The molecule has 0 atom stereocenters. The first-order valence-corrected chi connectivity index (χ1v) is 9.61. The molecule has 3 rings (SSSR count). The van der Waals surface area contributed by atoms with E-state index in [9.17, 15) is 4.79 Å². The van der Waals surface area contributed by atoms with Crippen LogP contribution in [0.1, 0.15) is 35.5 Å². The van der Waals surface area contributed by atoms with Crippen LogP contribution < -0.4 is 16.0 Å². The van der Waals surface area contributed by atoms with Crippen molar-refractivity contribution < 1.29 is 4.79 Å². The van der Waals surface area contributed by atoms with E-state index in [2.05, 4.69) is 30.9 Å². The Morgan fingerprint density at radius 1 is 1.07 bits per heavy atom. The van der Waals surface area contributed by atoms with Crippen LogP contribution in [-0.2, 0) is 0 Å². The summed E-state index contributed by atoms with van der Waals surface area (Å²) in [6, 6.07) is 10.8. The van der Waals surface area contributed by atoms with Gasteiger partial charge in [-0.25, -0.2) is 9.97 Å². The number of rotatable bonds is 6. The molecule has 29 heavy (non-hydrogen) atoms. The molecule has 1 aromatic carbocycles. The van der Waals surface area contributed by atoms with Crippen LogP contribution in [0.15, 0.2) is 42.6 Å². The second-order valence-electron chi connectivity index (χ2n) is 6.96. The molecule has 2 aromatic heterocycles. The van der Waals surface area contributed by atoms with E-state index in [4.69, 9.17) is 11.6 Å². The normalized spacial score (nSPS) is 10.7. The Hall–Kier alpha value is -3.19. The van der Waals surface area contributed by atoms with Crippen LogP contribution >= 0.6 is 11.6 Å². The van der Waals surface area contributed by atoms with Gasteiger partial charge in [0, 0.05) is 35.8 Å². The van der Waals surface area contributed by atoms with Gasteiger partial charge >= 0.3 is 0 Å². The van der Waals surface area contributed by atoms with Gasteiger partial charge in [0.05, 0.1) is 10.6 Å². The lowest BCUT2D eigenvalue weighted by Crippen LogP contribution is -2.14. The Labute approximate surface area is 175 Å². The van der Waals surface area contributed by atoms with Crippen molar-refractivity contribution >= 4 is 40.8 Å². The van der Waals surface area contributed by atoms with Gasteiger partial charge in [0.25, 0.3) is 5.91 Å². The fourth-order valence-electron chi connectivity index (χ4n) is 2.78. The zero-order chi connectivity index (χ0) is 21.0. The van der Waals surface area contributed by atoms with E-state index in [-0.39, 0.29) is 11.9 Å². The van der Waals surface area contributed by atoms with Crippen molar-refractivity contribution in [1.82, 2.24) is 15.0 Å². The van der Waals surface area contributed by atoms with Crippen molar-refractivity contribution in [1.29, 1.82) is 0 Å². The molecule has 0 saturated heterocycles. The number of carbonyl (C=O) groups is 1. The third-order valence-corrected chi connectivity index (χ3v) is 4.31. The highest BCUT2D eigenvalue weighted by atomic mass is 35.5. The van der Waals surface area contributed by atoms with E-state index in [1.54, 1.807) is 24.4 Å². The predicted molar refractivity (Wildman–Crippen MR) is 117 cm³/mol. The second kappa shape index (κ2) is 8.87. The fourth-order valence-corrected chi connectivity index (χ4v) is 3.08. The van der Waals surface area contributed by atoms with Gasteiger partial charge in [-0.2, -0.15) is 4.98 Å². The molecule has 8 heteroatoms. The van der Waals surface area contributed by atoms with Gasteiger partial charge in [0.1, 0.15) is 11.6 Å². The number of nitrogens with one attached hydrogen (secondary N) is 3. The summed E-state index contributed by atoms with van der Waals surface area (Å²) in [4.78, 5) is 25.8. The van der Waals surface area contributed by atoms with Gasteiger partial charge in [-0.1, -0.05) is 23.7 Å². The number of carbonyl (C=O) groups excluding carboxylic acids is 1. The summed E-state index contributed by atoms with van der Waals surface area (Å²) < 4.78 is 0. The molecule has 0 fully saturated rings. The number of pyridine rings is 1. The largest absolute Gasteiger partial charge is 0.352 e. The number of hydrogen-bond donors (Lipinski definition) is 3. The van der Waals surface area contributed by atoms with Gasteiger partial charge in [-0.3, -0.25) is 4.79 Å². The van der Waals surface area contributed by atoms with Crippen LogP contribution in [0.3, 0.4) is 0 Å². The quantitative estimate of drug-likeness (QED) is 0.532. The van der Waals surface area contributed by atoms with E-state index in [1.165, 1.54) is 0 Å². The minimum Gasteiger partial charge on any atom is -0.352 e. The van der Waals surface area contributed by atoms with Gasteiger partial charge in [0.2, 0.25) is 5.95 Å². The first-order valence-electron chi connectivity index (χ1n) is 9.23. The molecule has 1 amide bonds. The highest BCUT2D eigenvalue weighted by molar-refractivity contribution is 6.34. The Kier molecular flexibility index (Phi) is 6.29. The highest BCUT2D eigenvalue weighted by Crippen LogP contribution is 2.22. The topological polar surface area (TPSA) is 91.8 Å². The molecule has 0 aliphatic heterocycles. The number of aromatic nitrogens is 3. The van der Waals surface area contributed by atoms with E-state index in [1.807, 2.05) is 45.9 Å². The molecule has 150 valence electrons. The monoisotopic (exact) mass is 410 g/mol.